The first-order valence-electron chi connectivity index (χ1n) is 3.29. The molecule has 2 N–H and O–H groups in total. The second-order valence-corrected chi connectivity index (χ2v) is 2.15. The first-order chi connectivity index (χ1) is 5.88. The van der Waals surface area contributed by atoms with Crippen LogP contribution in [0.3, 0.4) is 0 Å². The Balaban J connectivity index is 2.63. The van der Waals surface area contributed by atoms with Gasteiger partial charge in [-0.3, -0.25) is 4.79 Å². The fourth-order valence-electron chi connectivity index (χ4n) is 0.874. The van der Waals surface area contributed by atoms with Gasteiger partial charge in [0.25, 0.3) is 5.56 Å². The van der Waals surface area contributed by atoms with Gasteiger partial charge in [-0.25, -0.2) is 0 Å². The second kappa shape index (κ2) is 2.57. The highest BCUT2D eigenvalue weighted by molar-refractivity contribution is 5.51. The quantitative estimate of drug-likeness (QED) is 0.596. The molecule has 2 aromatic heterocycles. The Kier molecular flexibility index (Phi) is 1.44. The summed E-state index contributed by atoms with van der Waals surface area (Å²) in [6.07, 6.45) is 1.55. The van der Waals surface area contributed by atoms with Crippen LogP contribution < -0.4 is 5.56 Å². The van der Waals surface area contributed by atoms with Gasteiger partial charge in [-0.05, 0) is 17.3 Å². The van der Waals surface area contributed by atoms with E-state index in [1.807, 2.05) is 0 Å². The lowest BCUT2D eigenvalue weighted by Crippen LogP contribution is -2.07. The lowest BCUT2D eigenvalue weighted by molar-refractivity contribution is 0.881. The van der Waals surface area contributed by atoms with Crippen molar-refractivity contribution >= 4 is 0 Å². The van der Waals surface area contributed by atoms with E-state index in [2.05, 4.69) is 25.6 Å². The molecule has 2 aromatic rings. The zero-order valence-corrected chi connectivity index (χ0v) is 5.98. The van der Waals surface area contributed by atoms with Crippen molar-refractivity contribution in [3.63, 3.8) is 0 Å². The highest BCUT2D eigenvalue weighted by atomic mass is 16.1. The predicted molar refractivity (Wildman–Crippen MR) is 40.2 cm³/mol. The van der Waals surface area contributed by atoms with E-state index in [0.717, 1.165) is 0 Å². The van der Waals surface area contributed by atoms with Gasteiger partial charge in [0.2, 0.25) is 5.82 Å². The van der Waals surface area contributed by atoms with Crippen molar-refractivity contribution in [2.24, 2.45) is 0 Å². The molecule has 6 nitrogen and oxygen atoms in total. The molecule has 0 atom stereocenters. The Bertz CT molecular complexity index is 418. The largest absolute Gasteiger partial charge is 0.328 e. The summed E-state index contributed by atoms with van der Waals surface area (Å²) in [4.78, 5) is 13.7. The Morgan fingerprint density at radius 3 is 3.00 bits per heavy atom. The summed E-state index contributed by atoms with van der Waals surface area (Å²) in [5, 5.41) is 13.0. The normalized spacial score (nSPS) is 10.0. The first-order valence-corrected chi connectivity index (χ1v) is 3.29. The van der Waals surface area contributed by atoms with E-state index in [1.165, 1.54) is 0 Å². The lowest BCUT2D eigenvalue weighted by Gasteiger charge is -1.89. The minimum Gasteiger partial charge on any atom is -0.328 e. The van der Waals surface area contributed by atoms with Gasteiger partial charge in [-0.15, -0.1) is 10.2 Å². The summed E-state index contributed by atoms with van der Waals surface area (Å²) in [6, 6.07) is 3.33. The Hall–Kier alpha value is -1.98. The summed E-state index contributed by atoms with van der Waals surface area (Å²) < 4.78 is 0. The van der Waals surface area contributed by atoms with Crippen molar-refractivity contribution in [2.45, 2.75) is 0 Å². The summed E-state index contributed by atoms with van der Waals surface area (Å²) in [5.41, 5.74) is 0.185. The molecule has 12 heavy (non-hydrogen) atoms. The van der Waals surface area contributed by atoms with E-state index < -0.39 is 0 Å². The van der Waals surface area contributed by atoms with E-state index in [1.54, 1.807) is 18.3 Å². The SMILES string of the molecule is O=c1[nH]cccc1-c1nn[nH]n1. The van der Waals surface area contributed by atoms with E-state index in [4.69, 9.17) is 0 Å². The molecular formula is C6H5N5O. The topological polar surface area (TPSA) is 87.3 Å². The van der Waals surface area contributed by atoms with Crippen LogP contribution in [-0.4, -0.2) is 25.6 Å². The number of hydrogen-bond donors (Lipinski definition) is 2. The molecule has 0 fully saturated rings. The number of H-pyrrole nitrogens is 2. The van der Waals surface area contributed by atoms with Crippen molar-refractivity contribution in [1.82, 2.24) is 25.6 Å². The van der Waals surface area contributed by atoms with Gasteiger partial charge in [0, 0.05) is 6.20 Å². The van der Waals surface area contributed by atoms with Crippen LogP contribution in [0.5, 0.6) is 0 Å². The molecule has 0 aliphatic heterocycles. The standard InChI is InChI=1S/C6H5N5O/c12-6-4(2-1-3-7-6)5-8-10-11-9-5/h1-3H,(H,7,12)(H,8,9,10,11). The third-order valence-electron chi connectivity index (χ3n) is 1.40. The van der Waals surface area contributed by atoms with Gasteiger partial charge in [-0.2, -0.15) is 5.21 Å². The minimum atomic E-state index is -0.223. The van der Waals surface area contributed by atoms with E-state index in [9.17, 15) is 4.79 Å². The zero-order valence-electron chi connectivity index (χ0n) is 5.98. The number of nitrogens with zero attached hydrogens (tertiary/aromatic N) is 3. The van der Waals surface area contributed by atoms with Gasteiger partial charge >= 0.3 is 0 Å². The van der Waals surface area contributed by atoms with Crippen molar-refractivity contribution in [1.29, 1.82) is 0 Å². The smallest absolute Gasteiger partial charge is 0.259 e. The average molecular weight is 163 g/mol. The van der Waals surface area contributed by atoms with E-state index in [-0.39, 0.29) is 5.56 Å². The molecule has 6 heteroatoms. The second-order valence-electron chi connectivity index (χ2n) is 2.15. The molecule has 2 rings (SSSR count). The molecule has 60 valence electrons. The summed E-state index contributed by atoms with van der Waals surface area (Å²) in [7, 11) is 0. The monoisotopic (exact) mass is 163 g/mol. The number of pyridine rings is 1. The fourth-order valence-corrected chi connectivity index (χ4v) is 0.874. The zero-order chi connectivity index (χ0) is 8.39. The third kappa shape index (κ3) is 0.986. The summed E-state index contributed by atoms with van der Waals surface area (Å²) in [5.74, 6) is 0.303. The van der Waals surface area contributed by atoms with Gasteiger partial charge in [-0.1, -0.05) is 0 Å². The maximum absolute atomic E-state index is 11.1. The van der Waals surface area contributed by atoms with Crippen LogP contribution in [0.25, 0.3) is 11.4 Å². The van der Waals surface area contributed by atoms with E-state index >= 15 is 0 Å². The van der Waals surface area contributed by atoms with Crippen LogP contribution in [0.2, 0.25) is 0 Å². The number of hydrogen-bond acceptors (Lipinski definition) is 4. The molecule has 0 aromatic carbocycles. The van der Waals surface area contributed by atoms with Crippen LogP contribution in [0.1, 0.15) is 0 Å². The molecule has 0 bridgehead atoms. The summed E-state index contributed by atoms with van der Waals surface area (Å²) >= 11 is 0. The molecule has 0 radical (unpaired) electrons. The minimum absolute atomic E-state index is 0.223. The fraction of sp³-hybridized carbons (Fsp3) is 0. The molecule has 2 heterocycles. The maximum atomic E-state index is 11.1. The van der Waals surface area contributed by atoms with Crippen LogP contribution in [0, 0.1) is 0 Å². The Labute approximate surface area is 66.6 Å². The molecule has 0 saturated carbocycles. The molecule has 0 saturated heterocycles. The maximum Gasteiger partial charge on any atom is 0.259 e. The van der Waals surface area contributed by atoms with Gasteiger partial charge < -0.3 is 4.98 Å². The van der Waals surface area contributed by atoms with Crippen molar-refractivity contribution in [3.05, 3.63) is 28.7 Å². The Morgan fingerprint density at radius 1 is 1.42 bits per heavy atom. The van der Waals surface area contributed by atoms with Crippen LogP contribution in [-0.2, 0) is 0 Å². The van der Waals surface area contributed by atoms with Crippen molar-refractivity contribution < 1.29 is 0 Å². The number of aromatic amines is 2. The molecule has 0 amide bonds. The van der Waals surface area contributed by atoms with Gasteiger partial charge in [0.1, 0.15) is 0 Å². The molecular weight excluding hydrogens is 158 g/mol. The van der Waals surface area contributed by atoms with Crippen LogP contribution in [0.4, 0.5) is 0 Å². The number of tetrazole rings is 1. The molecule has 0 aliphatic rings. The molecule has 0 spiro atoms. The van der Waals surface area contributed by atoms with E-state index in [0.29, 0.717) is 11.4 Å². The first kappa shape index (κ1) is 6.71. The average Bonchev–Trinajstić information content (AvgIpc) is 2.57. The van der Waals surface area contributed by atoms with Gasteiger partial charge in [0.05, 0.1) is 5.56 Å². The highest BCUT2D eigenvalue weighted by Crippen LogP contribution is 2.03. The number of rotatable bonds is 1. The number of aromatic nitrogens is 5. The molecule has 0 unspecified atom stereocenters. The van der Waals surface area contributed by atoms with Crippen molar-refractivity contribution in [2.75, 3.05) is 0 Å². The third-order valence-corrected chi connectivity index (χ3v) is 1.40. The van der Waals surface area contributed by atoms with Gasteiger partial charge in [0.15, 0.2) is 0 Å². The predicted octanol–water partition coefficient (Wildman–Crippen LogP) is -0.445. The van der Waals surface area contributed by atoms with Crippen molar-refractivity contribution in [3.8, 4) is 11.4 Å². The number of nitrogens with one attached hydrogen (secondary N) is 2. The van der Waals surface area contributed by atoms with Crippen LogP contribution >= 0.6 is 0 Å². The molecule has 0 aliphatic carbocycles. The highest BCUT2D eigenvalue weighted by Gasteiger charge is 2.05. The lowest BCUT2D eigenvalue weighted by atomic mass is 10.3. The Morgan fingerprint density at radius 2 is 2.33 bits per heavy atom. The van der Waals surface area contributed by atoms with Crippen LogP contribution in [0.15, 0.2) is 23.1 Å². The summed E-state index contributed by atoms with van der Waals surface area (Å²) in [6.45, 7) is 0.